The maximum absolute atomic E-state index is 6.06. The third-order valence-electron chi connectivity index (χ3n) is 3.98. The fourth-order valence-corrected chi connectivity index (χ4v) is 2.76. The number of aliphatic imine (C=N–C) groups is 1. The zero-order chi connectivity index (χ0) is 16.2. The summed E-state index contributed by atoms with van der Waals surface area (Å²) in [4.78, 5) is 4.80. The van der Waals surface area contributed by atoms with Gasteiger partial charge in [-0.3, -0.25) is 0 Å². The van der Waals surface area contributed by atoms with Crippen LogP contribution in [0, 0.1) is 0 Å². The monoisotopic (exact) mass is 307 g/mol. The van der Waals surface area contributed by atoms with E-state index in [9.17, 15) is 0 Å². The van der Waals surface area contributed by atoms with Crippen LogP contribution in [0.4, 0.5) is 0 Å². The molecule has 0 saturated carbocycles. The van der Waals surface area contributed by atoms with E-state index in [1.807, 2.05) is 49.4 Å². The second kappa shape index (κ2) is 6.69. The van der Waals surface area contributed by atoms with Crippen molar-refractivity contribution < 1.29 is 9.47 Å². The SMILES string of the molecule is C=C(C)[C@@H]1OC(c2ccccc2)=N[C@H]1Cc1ccc(OC)cc1. The summed E-state index contributed by atoms with van der Waals surface area (Å²) in [6.45, 7) is 6.06. The van der Waals surface area contributed by atoms with E-state index in [0.717, 1.165) is 23.3 Å². The predicted molar refractivity (Wildman–Crippen MR) is 93.2 cm³/mol. The molecule has 0 spiro atoms. The van der Waals surface area contributed by atoms with Crippen LogP contribution in [0.2, 0.25) is 0 Å². The molecule has 0 aromatic heterocycles. The van der Waals surface area contributed by atoms with Gasteiger partial charge in [-0.05, 0) is 48.7 Å². The van der Waals surface area contributed by atoms with E-state index < -0.39 is 0 Å². The number of nitrogens with zero attached hydrogens (tertiary/aromatic N) is 1. The Hall–Kier alpha value is -2.55. The quantitative estimate of drug-likeness (QED) is 0.781. The average Bonchev–Trinajstić information content (AvgIpc) is 3.00. The summed E-state index contributed by atoms with van der Waals surface area (Å²) in [6.07, 6.45) is 0.741. The van der Waals surface area contributed by atoms with Gasteiger partial charge < -0.3 is 9.47 Å². The zero-order valence-corrected chi connectivity index (χ0v) is 13.5. The van der Waals surface area contributed by atoms with Gasteiger partial charge in [0, 0.05) is 5.56 Å². The predicted octanol–water partition coefficient (Wildman–Crippen LogP) is 4.03. The highest BCUT2D eigenvalue weighted by Crippen LogP contribution is 2.26. The topological polar surface area (TPSA) is 30.8 Å². The minimum absolute atomic E-state index is 0.0519. The Balaban J connectivity index is 1.82. The molecule has 0 amide bonds. The van der Waals surface area contributed by atoms with Gasteiger partial charge in [-0.25, -0.2) is 4.99 Å². The molecule has 0 unspecified atom stereocenters. The molecule has 0 saturated heterocycles. The van der Waals surface area contributed by atoms with Crippen molar-refractivity contribution in [2.75, 3.05) is 7.11 Å². The fraction of sp³-hybridized carbons (Fsp3) is 0.250. The lowest BCUT2D eigenvalue weighted by atomic mass is 9.98. The van der Waals surface area contributed by atoms with E-state index in [1.54, 1.807) is 7.11 Å². The third kappa shape index (κ3) is 3.45. The van der Waals surface area contributed by atoms with E-state index in [1.165, 1.54) is 5.56 Å². The molecule has 118 valence electrons. The number of hydrogen-bond acceptors (Lipinski definition) is 3. The molecule has 3 rings (SSSR count). The summed E-state index contributed by atoms with van der Waals surface area (Å²) in [6, 6.07) is 18.2. The van der Waals surface area contributed by atoms with Gasteiger partial charge in [0.1, 0.15) is 11.9 Å². The largest absolute Gasteiger partial charge is 0.497 e. The average molecular weight is 307 g/mol. The van der Waals surface area contributed by atoms with E-state index in [2.05, 4.69) is 18.7 Å². The van der Waals surface area contributed by atoms with Crippen molar-refractivity contribution in [2.45, 2.75) is 25.5 Å². The Bertz CT molecular complexity index is 704. The molecule has 0 N–H and O–H groups in total. The molecule has 2 aromatic carbocycles. The van der Waals surface area contributed by atoms with Gasteiger partial charge in [-0.15, -0.1) is 0 Å². The lowest BCUT2D eigenvalue weighted by Gasteiger charge is -2.17. The Labute approximate surface area is 137 Å². The van der Waals surface area contributed by atoms with Crippen LogP contribution in [0.3, 0.4) is 0 Å². The normalized spacial score (nSPS) is 19.8. The van der Waals surface area contributed by atoms with Gasteiger partial charge in [0.2, 0.25) is 5.90 Å². The van der Waals surface area contributed by atoms with Gasteiger partial charge in [0.05, 0.1) is 13.2 Å². The maximum atomic E-state index is 6.06. The molecular weight excluding hydrogens is 286 g/mol. The Kier molecular flexibility index (Phi) is 4.47. The molecule has 1 aliphatic heterocycles. The minimum Gasteiger partial charge on any atom is -0.497 e. The van der Waals surface area contributed by atoms with Crippen molar-refractivity contribution >= 4 is 5.90 Å². The van der Waals surface area contributed by atoms with Crippen LogP contribution in [0.5, 0.6) is 5.75 Å². The second-order valence-corrected chi connectivity index (χ2v) is 5.80. The third-order valence-corrected chi connectivity index (χ3v) is 3.98. The van der Waals surface area contributed by atoms with Crippen molar-refractivity contribution in [1.82, 2.24) is 0 Å². The van der Waals surface area contributed by atoms with Crippen molar-refractivity contribution in [2.24, 2.45) is 4.99 Å². The fourth-order valence-electron chi connectivity index (χ4n) is 2.76. The van der Waals surface area contributed by atoms with E-state index in [4.69, 9.17) is 14.5 Å². The summed E-state index contributed by atoms with van der Waals surface area (Å²) in [5.74, 6) is 1.57. The molecule has 0 bridgehead atoms. The van der Waals surface area contributed by atoms with Gasteiger partial charge in [-0.1, -0.05) is 36.9 Å². The first-order chi connectivity index (χ1) is 11.2. The van der Waals surface area contributed by atoms with Crippen LogP contribution < -0.4 is 4.74 Å². The number of rotatable bonds is 5. The van der Waals surface area contributed by atoms with Crippen molar-refractivity contribution in [3.8, 4) is 5.75 Å². The minimum atomic E-state index is -0.0766. The molecule has 0 radical (unpaired) electrons. The second-order valence-electron chi connectivity index (χ2n) is 5.80. The van der Waals surface area contributed by atoms with Crippen LogP contribution in [-0.2, 0) is 11.2 Å². The molecule has 0 fully saturated rings. The Morgan fingerprint density at radius 3 is 2.43 bits per heavy atom. The summed E-state index contributed by atoms with van der Waals surface area (Å²) in [5.41, 5.74) is 3.22. The standard InChI is InChI=1S/C20H21NO2/c1-14(2)19-18(13-15-9-11-17(22-3)12-10-15)21-20(23-19)16-7-5-4-6-8-16/h4-12,18-19H,1,13H2,2-3H3/t18-,19-/m0/s1. The van der Waals surface area contributed by atoms with Crippen LogP contribution in [0.1, 0.15) is 18.1 Å². The van der Waals surface area contributed by atoms with Crippen molar-refractivity contribution in [3.05, 3.63) is 77.9 Å². The van der Waals surface area contributed by atoms with Crippen LogP contribution >= 0.6 is 0 Å². The molecule has 0 aliphatic carbocycles. The first-order valence-electron chi connectivity index (χ1n) is 7.75. The first kappa shape index (κ1) is 15.3. The molecule has 1 aliphatic rings. The number of benzene rings is 2. The summed E-state index contributed by atoms with van der Waals surface area (Å²) in [5, 5.41) is 0. The molecule has 2 aromatic rings. The summed E-state index contributed by atoms with van der Waals surface area (Å²) < 4.78 is 11.3. The highest BCUT2D eigenvalue weighted by Gasteiger charge is 2.32. The van der Waals surface area contributed by atoms with Crippen molar-refractivity contribution in [1.29, 1.82) is 0 Å². The summed E-state index contributed by atoms with van der Waals surface area (Å²) in [7, 11) is 1.67. The van der Waals surface area contributed by atoms with Crippen LogP contribution in [0.15, 0.2) is 71.7 Å². The molecule has 3 nitrogen and oxygen atoms in total. The van der Waals surface area contributed by atoms with E-state index in [-0.39, 0.29) is 12.1 Å². The van der Waals surface area contributed by atoms with Crippen LogP contribution in [-0.4, -0.2) is 25.2 Å². The van der Waals surface area contributed by atoms with Gasteiger partial charge in [0.15, 0.2) is 0 Å². The maximum Gasteiger partial charge on any atom is 0.217 e. The molecule has 1 heterocycles. The van der Waals surface area contributed by atoms with Gasteiger partial charge in [-0.2, -0.15) is 0 Å². The Morgan fingerprint density at radius 1 is 1.13 bits per heavy atom. The highest BCUT2D eigenvalue weighted by molar-refractivity contribution is 5.95. The summed E-state index contributed by atoms with van der Waals surface area (Å²) >= 11 is 0. The molecular formula is C20H21NO2. The molecule has 3 heteroatoms. The number of methoxy groups -OCH3 is 1. The van der Waals surface area contributed by atoms with Gasteiger partial charge >= 0.3 is 0 Å². The zero-order valence-electron chi connectivity index (χ0n) is 13.5. The van der Waals surface area contributed by atoms with Crippen LogP contribution in [0.25, 0.3) is 0 Å². The lowest BCUT2D eigenvalue weighted by molar-refractivity contribution is 0.229. The lowest BCUT2D eigenvalue weighted by Crippen LogP contribution is -2.25. The number of ether oxygens (including phenoxy) is 2. The molecule has 2 atom stereocenters. The Morgan fingerprint density at radius 2 is 1.83 bits per heavy atom. The molecule has 23 heavy (non-hydrogen) atoms. The van der Waals surface area contributed by atoms with E-state index >= 15 is 0 Å². The first-order valence-corrected chi connectivity index (χ1v) is 7.75. The highest BCUT2D eigenvalue weighted by atomic mass is 16.5. The number of hydrogen-bond donors (Lipinski definition) is 0. The van der Waals surface area contributed by atoms with E-state index in [0.29, 0.717) is 5.90 Å². The van der Waals surface area contributed by atoms with Gasteiger partial charge in [0.25, 0.3) is 0 Å². The van der Waals surface area contributed by atoms with Crippen molar-refractivity contribution in [3.63, 3.8) is 0 Å². The smallest absolute Gasteiger partial charge is 0.217 e.